The number of hydrogen-bond donors (Lipinski definition) is 1. The third kappa shape index (κ3) is 6.01. The highest BCUT2D eigenvalue weighted by molar-refractivity contribution is 5.75. The second-order valence-electron chi connectivity index (χ2n) is 9.74. The van der Waals surface area contributed by atoms with E-state index in [0.29, 0.717) is 11.1 Å². The minimum atomic E-state index is -4.63. The number of hydrogen-bond acceptors (Lipinski definition) is 5. The van der Waals surface area contributed by atoms with Crippen molar-refractivity contribution in [2.45, 2.75) is 39.5 Å². The Balaban J connectivity index is 1.62. The molecule has 0 aliphatic heterocycles. The quantitative estimate of drug-likeness (QED) is 0.240. The van der Waals surface area contributed by atoms with Gasteiger partial charge in [0.15, 0.2) is 0 Å². The van der Waals surface area contributed by atoms with E-state index in [4.69, 9.17) is 4.52 Å². The van der Waals surface area contributed by atoms with Crippen molar-refractivity contribution in [1.82, 2.24) is 15.0 Å². The zero-order valence-corrected chi connectivity index (χ0v) is 21.8. The monoisotopic (exact) mass is 541 g/mol. The molecule has 0 unspecified atom stereocenters. The fourth-order valence-corrected chi connectivity index (χ4v) is 4.64. The molecule has 3 aromatic carbocycles. The van der Waals surface area contributed by atoms with Crippen molar-refractivity contribution in [1.29, 1.82) is 0 Å². The summed E-state index contributed by atoms with van der Waals surface area (Å²) in [4.78, 5) is 17.3. The first kappa shape index (κ1) is 28.0. The van der Waals surface area contributed by atoms with Gasteiger partial charge in [0.25, 0.3) is 5.89 Å². The first-order chi connectivity index (χ1) is 18.4. The van der Waals surface area contributed by atoms with Crippen LogP contribution in [0.15, 0.2) is 65.2 Å². The van der Waals surface area contributed by atoms with Gasteiger partial charge in [-0.2, -0.15) is 18.2 Å². The average molecular weight is 542 g/mol. The van der Waals surface area contributed by atoms with Crippen molar-refractivity contribution in [3.8, 4) is 34.0 Å². The van der Waals surface area contributed by atoms with E-state index in [9.17, 15) is 27.5 Å². The number of carbonyl (C=O) groups is 1. The topological polar surface area (TPSA) is 79.5 Å². The van der Waals surface area contributed by atoms with Crippen LogP contribution < -0.4 is 0 Å². The van der Waals surface area contributed by atoms with Crippen LogP contribution in [0, 0.1) is 18.7 Å². The molecule has 4 rings (SSSR count). The Kier molecular flexibility index (Phi) is 7.87. The number of aliphatic carboxylic acids is 1. The Morgan fingerprint density at radius 2 is 1.72 bits per heavy atom. The lowest BCUT2D eigenvalue weighted by Crippen LogP contribution is -2.42. The van der Waals surface area contributed by atoms with Gasteiger partial charge in [-0.05, 0) is 54.8 Å². The van der Waals surface area contributed by atoms with Crippen LogP contribution in [0.5, 0.6) is 0 Å². The van der Waals surface area contributed by atoms with Gasteiger partial charge in [0.1, 0.15) is 11.9 Å². The van der Waals surface area contributed by atoms with Gasteiger partial charge < -0.3 is 9.63 Å². The van der Waals surface area contributed by atoms with Gasteiger partial charge in [-0.25, -0.2) is 4.39 Å². The van der Waals surface area contributed by atoms with E-state index in [1.165, 1.54) is 24.3 Å². The largest absolute Gasteiger partial charge is 0.480 e. The number of nitrogens with zero attached hydrogens (tertiary/aromatic N) is 3. The Labute approximate surface area is 222 Å². The normalized spacial score (nSPS) is 12.8. The molecule has 39 heavy (non-hydrogen) atoms. The first-order valence-electron chi connectivity index (χ1n) is 12.2. The van der Waals surface area contributed by atoms with Crippen LogP contribution >= 0.6 is 0 Å². The molecule has 1 N–H and O–H groups in total. The van der Waals surface area contributed by atoms with Crippen LogP contribution in [0.25, 0.3) is 34.0 Å². The second kappa shape index (κ2) is 11.0. The number of rotatable bonds is 8. The van der Waals surface area contributed by atoms with E-state index in [-0.39, 0.29) is 46.4 Å². The van der Waals surface area contributed by atoms with Crippen molar-refractivity contribution in [2.75, 3.05) is 7.05 Å². The lowest BCUT2D eigenvalue weighted by molar-refractivity contribution is -0.144. The molecule has 0 saturated heterocycles. The molecule has 0 fully saturated rings. The van der Waals surface area contributed by atoms with E-state index in [1.807, 2.05) is 0 Å². The molecule has 1 aromatic heterocycles. The number of aromatic nitrogens is 2. The number of carboxylic acid groups (broad SMARTS) is 1. The van der Waals surface area contributed by atoms with E-state index in [1.54, 1.807) is 63.1 Å². The molecule has 0 amide bonds. The van der Waals surface area contributed by atoms with E-state index < -0.39 is 29.6 Å². The summed E-state index contributed by atoms with van der Waals surface area (Å²) in [7, 11) is 1.61. The molecule has 0 aliphatic rings. The van der Waals surface area contributed by atoms with Crippen LogP contribution in [0.4, 0.5) is 17.6 Å². The summed E-state index contributed by atoms with van der Waals surface area (Å²) in [5.41, 5.74) is 0.982. The predicted molar refractivity (Wildman–Crippen MR) is 138 cm³/mol. The van der Waals surface area contributed by atoms with Crippen LogP contribution in [-0.2, 0) is 17.5 Å². The molecular formula is C29H27F4N3O3. The van der Waals surface area contributed by atoms with Gasteiger partial charge >= 0.3 is 12.1 Å². The maximum Gasteiger partial charge on any atom is 0.417 e. The zero-order valence-electron chi connectivity index (χ0n) is 21.8. The molecule has 1 atom stereocenters. The van der Waals surface area contributed by atoms with E-state index >= 15 is 0 Å². The smallest absolute Gasteiger partial charge is 0.417 e. The van der Waals surface area contributed by atoms with Crippen LogP contribution in [0.3, 0.4) is 0 Å². The lowest BCUT2D eigenvalue weighted by Gasteiger charge is -2.27. The highest BCUT2D eigenvalue weighted by atomic mass is 19.4. The number of halogens is 4. The number of carboxylic acids is 1. The average Bonchev–Trinajstić information content (AvgIpc) is 3.35. The maximum absolute atomic E-state index is 14.9. The molecular weight excluding hydrogens is 514 g/mol. The van der Waals surface area contributed by atoms with Gasteiger partial charge in [-0.15, -0.1) is 0 Å². The number of aryl methyl sites for hydroxylation is 1. The van der Waals surface area contributed by atoms with Gasteiger partial charge in [0.2, 0.25) is 5.82 Å². The third-order valence-corrected chi connectivity index (χ3v) is 6.52. The summed E-state index contributed by atoms with van der Waals surface area (Å²) in [6.07, 6.45) is -4.63. The predicted octanol–water partition coefficient (Wildman–Crippen LogP) is 7.08. The molecule has 4 aromatic rings. The Morgan fingerprint density at radius 3 is 2.33 bits per heavy atom. The standard InChI is InChI=1S/C29H27F4N3O3/c1-16(2)25(28(37)38)36(4)15-20-10-9-18(14-24(20)30)26-34-27(39-35-26)19-11-12-22(23(13-19)29(31,32)33)21-8-6-5-7-17(21)3/h5-14,16,25H,15H2,1-4H3,(H,37,38)/t25-/m0/s1. The number of likely N-dealkylation sites (N-methyl/N-ethyl adjacent to an activating group) is 1. The van der Waals surface area contributed by atoms with Crippen molar-refractivity contribution in [3.63, 3.8) is 0 Å². The molecule has 1 heterocycles. The molecule has 10 heteroatoms. The SMILES string of the molecule is Cc1ccccc1-c1ccc(-c2nc(-c3ccc(CN(C)[C@H](C(=O)O)C(C)C)c(F)c3)no2)cc1C(F)(F)F. The highest BCUT2D eigenvalue weighted by Crippen LogP contribution is 2.40. The number of alkyl halides is 3. The Bertz CT molecular complexity index is 1500. The van der Waals surface area contributed by atoms with Gasteiger partial charge in [-0.1, -0.05) is 61.5 Å². The van der Waals surface area contributed by atoms with Gasteiger partial charge in [0, 0.05) is 23.2 Å². The van der Waals surface area contributed by atoms with Crippen molar-refractivity contribution in [3.05, 3.63) is 83.2 Å². The Morgan fingerprint density at radius 1 is 1.03 bits per heavy atom. The van der Waals surface area contributed by atoms with Crippen molar-refractivity contribution < 1.29 is 32.0 Å². The molecule has 0 aliphatic carbocycles. The summed E-state index contributed by atoms with van der Waals surface area (Å²) >= 11 is 0. The van der Waals surface area contributed by atoms with Gasteiger partial charge in [-0.3, -0.25) is 9.69 Å². The summed E-state index contributed by atoms with van der Waals surface area (Å²) in [5.74, 6) is -1.91. The highest BCUT2D eigenvalue weighted by Gasteiger charge is 2.35. The zero-order chi connectivity index (χ0) is 28.5. The van der Waals surface area contributed by atoms with Crippen molar-refractivity contribution >= 4 is 5.97 Å². The van der Waals surface area contributed by atoms with E-state index in [0.717, 1.165) is 6.07 Å². The second-order valence-corrected chi connectivity index (χ2v) is 9.74. The molecule has 0 radical (unpaired) electrons. The third-order valence-electron chi connectivity index (χ3n) is 6.52. The van der Waals surface area contributed by atoms with Crippen molar-refractivity contribution in [2.24, 2.45) is 5.92 Å². The minimum Gasteiger partial charge on any atom is -0.480 e. The van der Waals surface area contributed by atoms with Crippen LogP contribution in [0.1, 0.15) is 30.5 Å². The molecule has 0 spiro atoms. The molecule has 204 valence electrons. The summed E-state index contributed by atoms with van der Waals surface area (Å²) < 4.78 is 62.2. The van der Waals surface area contributed by atoms with Gasteiger partial charge in [0.05, 0.1) is 5.56 Å². The number of benzene rings is 3. The Hall–Kier alpha value is -4.05. The summed E-state index contributed by atoms with van der Waals surface area (Å²) in [6.45, 7) is 5.35. The van der Waals surface area contributed by atoms with Crippen LogP contribution in [0.2, 0.25) is 0 Å². The van der Waals surface area contributed by atoms with E-state index in [2.05, 4.69) is 10.1 Å². The molecule has 0 saturated carbocycles. The fraction of sp³-hybridized carbons (Fsp3) is 0.276. The fourth-order valence-electron chi connectivity index (χ4n) is 4.64. The summed E-state index contributed by atoms with van der Waals surface area (Å²) in [6, 6.07) is 14.1. The lowest BCUT2D eigenvalue weighted by atomic mass is 9.94. The first-order valence-corrected chi connectivity index (χ1v) is 12.2. The van der Waals surface area contributed by atoms with Crippen LogP contribution in [-0.4, -0.2) is 39.2 Å². The maximum atomic E-state index is 14.9. The molecule has 6 nitrogen and oxygen atoms in total. The molecule has 0 bridgehead atoms. The summed E-state index contributed by atoms with van der Waals surface area (Å²) in [5, 5.41) is 13.3. The minimum absolute atomic E-state index is 0.00550.